The molecule has 0 saturated heterocycles. The monoisotopic (exact) mass is 240 g/mol. The summed E-state index contributed by atoms with van der Waals surface area (Å²) >= 11 is 0. The van der Waals surface area contributed by atoms with E-state index in [1.165, 1.54) is 19.3 Å². The highest BCUT2D eigenvalue weighted by molar-refractivity contribution is 5.81. The molecule has 1 unspecified atom stereocenters. The molecular weight excluding hydrogens is 212 g/mol. The number of carbonyl (C=O) groups is 1. The van der Waals surface area contributed by atoms with Crippen LogP contribution in [0.15, 0.2) is 12.2 Å². The molecule has 100 valence electrons. The number of hydrogen-bond donors (Lipinski definition) is 0. The van der Waals surface area contributed by atoms with Crippen molar-refractivity contribution in [1.82, 2.24) is 0 Å². The summed E-state index contributed by atoms with van der Waals surface area (Å²) in [6.45, 7) is 7.07. The molecule has 0 rings (SSSR count). The summed E-state index contributed by atoms with van der Waals surface area (Å²) in [6, 6.07) is 0. The normalized spacial score (nSPS) is 12.9. The Morgan fingerprint density at radius 2 is 1.88 bits per heavy atom. The van der Waals surface area contributed by atoms with Crippen molar-refractivity contribution in [2.24, 2.45) is 5.92 Å². The lowest BCUT2D eigenvalue weighted by Gasteiger charge is -2.13. The third-order valence-electron chi connectivity index (χ3n) is 2.98. The fourth-order valence-corrected chi connectivity index (χ4v) is 1.65. The lowest BCUT2D eigenvalue weighted by atomic mass is 10.0. The third kappa shape index (κ3) is 10.1. The second kappa shape index (κ2) is 11.7. The fourth-order valence-electron chi connectivity index (χ4n) is 1.65. The highest BCUT2D eigenvalue weighted by atomic mass is 16.5. The Kier molecular flexibility index (Phi) is 11.1. The topological polar surface area (TPSA) is 26.3 Å². The average Bonchev–Trinajstić information content (AvgIpc) is 2.35. The Hall–Kier alpha value is -0.790. The van der Waals surface area contributed by atoms with Gasteiger partial charge in [0.1, 0.15) is 0 Å². The Balaban J connectivity index is 3.68. The van der Waals surface area contributed by atoms with Gasteiger partial charge < -0.3 is 4.74 Å². The van der Waals surface area contributed by atoms with E-state index in [1.54, 1.807) is 6.08 Å². The molecule has 0 radical (unpaired) electrons. The first-order chi connectivity index (χ1) is 8.24. The first kappa shape index (κ1) is 16.2. The van der Waals surface area contributed by atoms with Gasteiger partial charge in [0, 0.05) is 6.08 Å². The van der Waals surface area contributed by atoms with E-state index in [1.807, 2.05) is 6.08 Å². The number of esters is 1. The zero-order valence-corrected chi connectivity index (χ0v) is 11.7. The van der Waals surface area contributed by atoms with Gasteiger partial charge in [-0.3, -0.25) is 0 Å². The van der Waals surface area contributed by atoms with Crippen LogP contribution in [0.25, 0.3) is 0 Å². The van der Waals surface area contributed by atoms with E-state index in [0.29, 0.717) is 12.5 Å². The van der Waals surface area contributed by atoms with Gasteiger partial charge in [-0.25, -0.2) is 4.79 Å². The summed E-state index contributed by atoms with van der Waals surface area (Å²) in [6.07, 6.45) is 11.4. The van der Waals surface area contributed by atoms with Crippen molar-refractivity contribution in [3.8, 4) is 0 Å². The van der Waals surface area contributed by atoms with E-state index in [2.05, 4.69) is 20.8 Å². The van der Waals surface area contributed by atoms with Gasteiger partial charge in [-0.1, -0.05) is 59.0 Å². The Labute approximate surface area is 106 Å². The van der Waals surface area contributed by atoms with Crippen molar-refractivity contribution in [3.05, 3.63) is 12.2 Å². The summed E-state index contributed by atoms with van der Waals surface area (Å²) in [5.74, 6) is 0.346. The third-order valence-corrected chi connectivity index (χ3v) is 2.98. The average molecular weight is 240 g/mol. The predicted molar refractivity (Wildman–Crippen MR) is 72.9 cm³/mol. The molecule has 17 heavy (non-hydrogen) atoms. The Morgan fingerprint density at radius 1 is 1.18 bits per heavy atom. The van der Waals surface area contributed by atoms with Crippen LogP contribution in [-0.4, -0.2) is 12.6 Å². The van der Waals surface area contributed by atoms with E-state index in [9.17, 15) is 4.79 Å². The van der Waals surface area contributed by atoms with Crippen LogP contribution in [0.5, 0.6) is 0 Å². The number of ether oxygens (including phenoxy) is 1. The maximum atomic E-state index is 11.4. The van der Waals surface area contributed by atoms with Gasteiger partial charge in [-0.15, -0.1) is 0 Å². The molecule has 0 heterocycles. The molecule has 0 aromatic carbocycles. The molecule has 2 heteroatoms. The lowest BCUT2D eigenvalue weighted by molar-refractivity contribution is -0.139. The molecule has 0 amide bonds. The fraction of sp³-hybridized carbons (Fsp3) is 0.800. The van der Waals surface area contributed by atoms with Crippen molar-refractivity contribution in [3.63, 3.8) is 0 Å². The molecule has 2 nitrogen and oxygen atoms in total. The summed E-state index contributed by atoms with van der Waals surface area (Å²) in [5, 5.41) is 0. The van der Waals surface area contributed by atoms with Crippen molar-refractivity contribution >= 4 is 5.97 Å². The van der Waals surface area contributed by atoms with E-state index < -0.39 is 0 Å². The van der Waals surface area contributed by atoms with Gasteiger partial charge in [0.2, 0.25) is 0 Å². The molecular formula is C15H28O2. The predicted octanol–water partition coefficient (Wildman–Crippen LogP) is 4.49. The van der Waals surface area contributed by atoms with Gasteiger partial charge in [0.05, 0.1) is 6.61 Å². The second-order valence-corrected chi connectivity index (χ2v) is 4.59. The number of rotatable bonds is 10. The van der Waals surface area contributed by atoms with Crippen LogP contribution in [-0.2, 0) is 9.53 Å². The summed E-state index contributed by atoms with van der Waals surface area (Å²) in [5.41, 5.74) is 0. The molecule has 0 fully saturated rings. The first-order valence-corrected chi connectivity index (χ1v) is 7.07. The standard InChI is InChI=1S/C15H28O2/c1-4-7-9-10-12-15(16)17-13-14(6-3)11-8-5-2/h10,12,14H,4-9,11,13H2,1-3H3/b12-10+. The van der Waals surface area contributed by atoms with Crippen molar-refractivity contribution in [2.75, 3.05) is 6.61 Å². The minimum absolute atomic E-state index is 0.184. The van der Waals surface area contributed by atoms with E-state index in [4.69, 9.17) is 4.74 Å². The van der Waals surface area contributed by atoms with Crippen molar-refractivity contribution in [2.45, 2.75) is 65.7 Å². The maximum absolute atomic E-state index is 11.4. The lowest BCUT2D eigenvalue weighted by Crippen LogP contribution is -2.12. The van der Waals surface area contributed by atoms with Crippen LogP contribution in [0.3, 0.4) is 0 Å². The van der Waals surface area contributed by atoms with Gasteiger partial charge in [-0.2, -0.15) is 0 Å². The summed E-state index contributed by atoms with van der Waals surface area (Å²) in [7, 11) is 0. The molecule has 0 spiro atoms. The first-order valence-electron chi connectivity index (χ1n) is 7.07. The van der Waals surface area contributed by atoms with Crippen molar-refractivity contribution < 1.29 is 9.53 Å². The van der Waals surface area contributed by atoms with Gasteiger partial charge >= 0.3 is 5.97 Å². The van der Waals surface area contributed by atoms with E-state index in [-0.39, 0.29) is 5.97 Å². The maximum Gasteiger partial charge on any atom is 0.330 e. The SMILES string of the molecule is CCCC/C=C/C(=O)OCC(CC)CCCC. The number of unbranched alkanes of at least 4 members (excludes halogenated alkanes) is 3. The van der Waals surface area contributed by atoms with Crippen LogP contribution in [0.2, 0.25) is 0 Å². The largest absolute Gasteiger partial charge is 0.462 e. The Morgan fingerprint density at radius 3 is 2.47 bits per heavy atom. The van der Waals surface area contributed by atoms with Gasteiger partial charge in [-0.05, 0) is 18.8 Å². The summed E-state index contributed by atoms with van der Waals surface area (Å²) < 4.78 is 5.25. The van der Waals surface area contributed by atoms with Crippen LogP contribution in [0.1, 0.15) is 65.7 Å². The number of carbonyl (C=O) groups excluding carboxylic acids is 1. The molecule has 0 aliphatic heterocycles. The molecule has 0 N–H and O–H groups in total. The van der Waals surface area contributed by atoms with E-state index >= 15 is 0 Å². The summed E-state index contributed by atoms with van der Waals surface area (Å²) in [4.78, 5) is 11.4. The van der Waals surface area contributed by atoms with Crippen LogP contribution >= 0.6 is 0 Å². The van der Waals surface area contributed by atoms with E-state index in [0.717, 1.165) is 25.7 Å². The van der Waals surface area contributed by atoms with Crippen LogP contribution < -0.4 is 0 Å². The molecule has 0 aliphatic carbocycles. The molecule has 0 saturated carbocycles. The number of hydrogen-bond acceptors (Lipinski definition) is 2. The quantitative estimate of drug-likeness (QED) is 0.319. The smallest absolute Gasteiger partial charge is 0.330 e. The minimum Gasteiger partial charge on any atom is -0.462 e. The molecule has 0 aliphatic rings. The second-order valence-electron chi connectivity index (χ2n) is 4.59. The van der Waals surface area contributed by atoms with Crippen molar-refractivity contribution in [1.29, 1.82) is 0 Å². The highest BCUT2D eigenvalue weighted by Gasteiger charge is 2.07. The Bertz CT molecular complexity index is 209. The van der Waals surface area contributed by atoms with Gasteiger partial charge in [0.25, 0.3) is 0 Å². The zero-order chi connectivity index (χ0) is 12.9. The number of allylic oxidation sites excluding steroid dienone is 1. The van der Waals surface area contributed by atoms with Crippen LogP contribution in [0.4, 0.5) is 0 Å². The molecule has 0 aromatic heterocycles. The zero-order valence-electron chi connectivity index (χ0n) is 11.7. The molecule has 0 aromatic rings. The molecule has 1 atom stereocenters. The van der Waals surface area contributed by atoms with Gasteiger partial charge in [0.15, 0.2) is 0 Å². The minimum atomic E-state index is -0.184. The highest BCUT2D eigenvalue weighted by Crippen LogP contribution is 2.12. The van der Waals surface area contributed by atoms with Crippen LogP contribution in [0, 0.1) is 5.92 Å². The molecule has 0 bridgehead atoms.